The molecule has 2 N–H and O–H groups in total. The van der Waals surface area contributed by atoms with Gasteiger partial charge in [0.25, 0.3) is 0 Å². The van der Waals surface area contributed by atoms with Gasteiger partial charge in [-0.3, -0.25) is 0 Å². The zero-order chi connectivity index (χ0) is 15.1. The molecular weight excluding hydrogens is 260 g/mol. The van der Waals surface area contributed by atoms with Crippen molar-refractivity contribution in [3.8, 4) is 0 Å². The molecule has 0 spiro atoms. The van der Waals surface area contributed by atoms with Crippen LogP contribution < -0.4 is 10.6 Å². The Bertz CT molecular complexity index is 564. The van der Waals surface area contributed by atoms with Gasteiger partial charge in [-0.2, -0.15) is 4.98 Å². The maximum atomic E-state index is 4.50. The van der Waals surface area contributed by atoms with Gasteiger partial charge >= 0.3 is 0 Å². The van der Waals surface area contributed by atoms with E-state index in [1.165, 1.54) is 11.1 Å². The van der Waals surface area contributed by atoms with E-state index in [2.05, 4.69) is 58.7 Å². The average molecular weight is 284 g/mol. The lowest BCUT2D eigenvalue weighted by Gasteiger charge is -2.10. The average Bonchev–Trinajstić information content (AvgIpc) is 2.46. The van der Waals surface area contributed by atoms with Crippen LogP contribution in [0.4, 0.5) is 11.8 Å². The molecule has 4 heteroatoms. The zero-order valence-corrected chi connectivity index (χ0v) is 13.1. The standard InChI is InChI=1S/C17H24N4/c1-4-5-10-18-17-20-14(3)11-16(21-17)19-12-15-8-6-13(2)7-9-15/h6-9,11H,4-5,10,12H2,1-3H3,(H2,18,19,20,21). The topological polar surface area (TPSA) is 49.8 Å². The van der Waals surface area contributed by atoms with Gasteiger partial charge in [0.2, 0.25) is 5.95 Å². The summed E-state index contributed by atoms with van der Waals surface area (Å²) in [6, 6.07) is 10.5. The SMILES string of the molecule is CCCCNc1nc(C)cc(NCc2ccc(C)cc2)n1. The lowest BCUT2D eigenvalue weighted by molar-refractivity contribution is 0.825. The first kappa shape index (κ1) is 15.3. The molecule has 0 saturated carbocycles. The highest BCUT2D eigenvalue weighted by atomic mass is 15.1. The molecule has 1 aromatic carbocycles. The number of rotatable bonds is 7. The first-order valence-electron chi connectivity index (χ1n) is 7.56. The van der Waals surface area contributed by atoms with Crippen LogP contribution in [0.25, 0.3) is 0 Å². The van der Waals surface area contributed by atoms with E-state index in [1.54, 1.807) is 0 Å². The van der Waals surface area contributed by atoms with E-state index in [0.29, 0.717) is 5.95 Å². The normalized spacial score (nSPS) is 10.4. The highest BCUT2D eigenvalue weighted by Gasteiger charge is 2.02. The highest BCUT2D eigenvalue weighted by molar-refractivity contribution is 5.42. The van der Waals surface area contributed by atoms with Crippen LogP contribution in [-0.4, -0.2) is 16.5 Å². The summed E-state index contributed by atoms with van der Waals surface area (Å²) in [7, 11) is 0. The number of hydrogen-bond donors (Lipinski definition) is 2. The van der Waals surface area contributed by atoms with Crippen molar-refractivity contribution in [1.29, 1.82) is 0 Å². The van der Waals surface area contributed by atoms with Gasteiger partial charge in [-0.25, -0.2) is 4.98 Å². The van der Waals surface area contributed by atoms with Crippen LogP contribution in [0, 0.1) is 13.8 Å². The molecule has 0 saturated heterocycles. The second kappa shape index (κ2) is 7.62. The molecular formula is C17H24N4. The molecule has 0 fully saturated rings. The first-order valence-corrected chi connectivity index (χ1v) is 7.56. The van der Waals surface area contributed by atoms with Gasteiger partial charge in [-0.05, 0) is 25.8 Å². The smallest absolute Gasteiger partial charge is 0.224 e. The Morgan fingerprint density at radius 2 is 1.76 bits per heavy atom. The Morgan fingerprint density at radius 1 is 1.00 bits per heavy atom. The van der Waals surface area contributed by atoms with Crippen LogP contribution in [0.5, 0.6) is 0 Å². The van der Waals surface area contributed by atoms with Crippen molar-refractivity contribution in [1.82, 2.24) is 9.97 Å². The number of aryl methyl sites for hydroxylation is 2. The molecule has 1 aromatic heterocycles. The Kier molecular flexibility index (Phi) is 5.55. The van der Waals surface area contributed by atoms with E-state index in [0.717, 1.165) is 37.4 Å². The Morgan fingerprint density at radius 3 is 2.48 bits per heavy atom. The van der Waals surface area contributed by atoms with E-state index in [9.17, 15) is 0 Å². The molecule has 0 bridgehead atoms. The molecule has 1 heterocycles. The Hall–Kier alpha value is -2.10. The molecule has 112 valence electrons. The largest absolute Gasteiger partial charge is 0.366 e. The van der Waals surface area contributed by atoms with Crippen LogP contribution in [0.3, 0.4) is 0 Å². The summed E-state index contributed by atoms with van der Waals surface area (Å²) in [5, 5.41) is 6.63. The lowest BCUT2D eigenvalue weighted by atomic mass is 10.1. The predicted octanol–water partition coefficient (Wildman–Crippen LogP) is 3.92. The minimum atomic E-state index is 0.704. The van der Waals surface area contributed by atoms with Crippen molar-refractivity contribution in [2.24, 2.45) is 0 Å². The van der Waals surface area contributed by atoms with Gasteiger partial charge in [0, 0.05) is 24.8 Å². The summed E-state index contributed by atoms with van der Waals surface area (Å²) >= 11 is 0. The highest BCUT2D eigenvalue weighted by Crippen LogP contribution is 2.12. The van der Waals surface area contributed by atoms with Gasteiger partial charge in [0.1, 0.15) is 5.82 Å². The second-order valence-electron chi connectivity index (χ2n) is 5.34. The third-order valence-electron chi connectivity index (χ3n) is 3.26. The number of benzene rings is 1. The number of aromatic nitrogens is 2. The maximum absolute atomic E-state index is 4.50. The van der Waals surface area contributed by atoms with E-state index < -0.39 is 0 Å². The summed E-state index contributed by atoms with van der Waals surface area (Å²) in [6.45, 7) is 7.94. The number of anilines is 2. The molecule has 0 unspecified atom stereocenters. The van der Waals surface area contributed by atoms with Crippen LogP contribution in [0.2, 0.25) is 0 Å². The molecule has 2 aromatic rings. The minimum absolute atomic E-state index is 0.704. The molecule has 4 nitrogen and oxygen atoms in total. The van der Waals surface area contributed by atoms with Crippen molar-refractivity contribution >= 4 is 11.8 Å². The number of nitrogens with zero attached hydrogens (tertiary/aromatic N) is 2. The van der Waals surface area contributed by atoms with Gasteiger partial charge in [-0.1, -0.05) is 43.2 Å². The summed E-state index contributed by atoms with van der Waals surface area (Å²) in [6.07, 6.45) is 2.29. The molecule has 0 aliphatic carbocycles. The van der Waals surface area contributed by atoms with Crippen LogP contribution in [0.1, 0.15) is 36.6 Å². The van der Waals surface area contributed by atoms with Crippen molar-refractivity contribution < 1.29 is 0 Å². The molecule has 0 aliphatic heterocycles. The van der Waals surface area contributed by atoms with Crippen LogP contribution >= 0.6 is 0 Å². The van der Waals surface area contributed by atoms with Crippen molar-refractivity contribution in [3.63, 3.8) is 0 Å². The van der Waals surface area contributed by atoms with Gasteiger partial charge < -0.3 is 10.6 Å². The minimum Gasteiger partial charge on any atom is -0.366 e. The zero-order valence-electron chi connectivity index (χ0n) is 13.1. The number of unbranched alkanes of at least 4 members (excludes halogenated alkanes) is 1. The maximum Gasteiger partial charge on any atom is 0.224 e. The van der Waals surface area contributed by atoms with Crippen molar-refractivity contribution in [2.75, 3.05) is 17.2 Å². The van der Waals surface area contributed by atoms with Gasteiger partial charge in [0.15, 0.2) is 0 Å². The van der Waals surface area contributed by atoms with E-state index in [-0.39, 0.29) is 0 Å². The molecule has 2 rings (SSSR count). The fourth-order valence-electron chi connectivity index (χ4n) is 2.01. The summed E-state index contributed by atoms with van der Waals surface area (Å²) in [4.78, 5) is 8.91. The van der Waals surface area contributed by atoms with E-state index >= 15 is 0 Å². The monoisotopic (exact) mass is 284 g/mol. The number of nitrogens with one attached hydrogen (secondary N) is 2. The molecule has 0 atom stereocenters. The quantitative estimate of drug-likeness (QED) is 0.757. The molecule has 0 radical (unpaired) electrons. The van der Waals surface area contributed by atoms with E-state index in [4.69, 9.17) is 0 Å². The Labute approximate surface area is 127 Å². The molecule has 0 aliphatic rings. The number of hydrogen-bond acceptors (Lipinski definition) is 4. The lowest BCUT2D eigenvalue weighted by Crippen LogP contribution is -2.09. The van der Waals surface area contributed by atoms with Crippen molar-refractivity contribution in [3.05, 3.63) is 47.2 Å². The third kappa shape index (κ3) is 5.06. The first-order chi connectivity index (χ1) is 10.2. The van der Waals surface area contributed by atoms with Crippen molar-refractivity contribution in [2.45, 2.75) is 40.2 Å². The van der Waals surface area contributed by atoms with Gasteiger partial charge in [-0.15, -0.1) is 0 Å². The Balaban J connectivity index is 1.97. The van der Waals surface area contributed by atoms with Gasteiger partial charge in [0.05, 0.1) is 0 Å². The van der Waals surface area contributed by atoms with Crippen LogP contribution in [0.15, 0.2) is 30.3 Å². The molecule has 21 heavy (non-hydrogen) atoms. The van der Waals surface area contributed by atoms with E-state index in [1.807, 2.05) is 13.0 Å². The summed E-state index contributed by atoms with van der Waals surface area (Å²) < 4.78 is 0. The van der Waals surface area contributed by atoms with Crippen LogP contribution in [-0.2, 0) is 6.54 Å². The fourth-order valence-corrected chi connectivity index (χ4v) is 2.01. The summed E-state index contributed by atoms with van der Waals surface area (Å²) in [5.74, 6) is 1.57. The second-order valence-corrected chi connectivity index (χ2v) is 5.34. The predicted molar refractivity (Wildman–Crippen MR) is 88.7 cm³/mol. The molecule has 0 amide bonds. The summed E-state index contributed by atoms with van der Waals surface area (Å²) in [5.41, 5.74) is 3.49. The fraction of sp³-hybridized carbons (Fsp3) is 0.412. The third-order valence-corrected chi connectivity index (χ3v) is 3.26.